The van der Waals surface area contributed by atoms with E-state index in [1.807, 2.05) is 18.2 Å². The van der Waals surface area contributed by atoms with Gasteiger partial charge in [-0.3, -0.25) is 14.5 Å². The molecule has 0 atom stereocenters. The zero-order valence-corrected chi connectivity index (χ0v) is 18.0. The number of carbonyl (C=O) groups excluding carboxylic acids is 2. The number of hydrogen-bond acceptors (Lipinski definition) is 5. The number of carboxylic acids is 1. The van der Waals surface area contributed by atoms with Gasteiger partial charge in [0.25, 0.3) is 5.91 Å². The van der Waals surface area contributed by atoms with Gasteiger partial charge in [0.1, 0.15) is 4.32 Å². The maximum Gasteiger partial charge on any atom is 0.335 e. The fourth-order valence-electron chi connectivity index (χ4n) is 2.74. The summed E-state index contributed by atoms with van der Waals surface area (Å²) in [5, 5.41) is 12.1. The van der Waals surface area contributed by atoms with Gasteiger partial charge in [-0.2, -0.15) is 0 Å². The van der Waals surface area contributed by atoms with Crippen molar-refractivity contribution in [3.05, 3.63) is 69.6 Å². The highest BCUT2D eigenvalue weighted by Gasteiger charge is 2.31. The summed E-state index contributed by atoms with van der Waals surface area (Å²) in [7, 11) is 0. The van der Waals surface area contributed by atoms with Crippen LogP contribution in [0.5, 0.6) is 0 Å². The van der Waals surface area contributed by atoms with Crippen molar-refractivity contribution in [3.63, 3.8) is 0 Å². The molecule has 1 aliphatic rings. The Labute approximate surface area is 187 Å². The average molecular weight is 461 g/mol. The second-order valence-corrected chi connectivity index (χ2v) is 8.47. The summed E-state index contributed by atoms with van der Waals surface area (Å²) in [6.07, 6.45) is 2.35. The summed E-state index contributed by atoms with van der Waals surface area (Å²) < 4.78 is 0.447. The van der Waals surface area contributed by atoms with E-state index in [-0.39, 0.29) is 23.8 Å². The molecule has 1 fully saturated rings. The first-order valence-electron chi connectivity index (χ1n) is 8.98. The number of amides is 2. The van der Waals surface area contributed by atoms with Gasteiger partial charge in [0, 0.05) is 23.7 Å². The van der Waals surface area contributed by atoms with Crippen LogP contribution >= 0.6 is 35.6 Å². The van der Waals surface area contributed by atoms with Crippen LogP contribution in [0.3, 0.4) is 0 Å². The second kappa shape index (κ2) is 9.88. The van der Waals surface area contributed by atoms with Gasteiger partial charge in [0.2, 0.25) is 5.91 Å². The molecule has 0 spiro atoms. The third-order valence-electron chi connectivity index (χ3n) is 4.27. The minimum Gasteiger partial charge on any atom is -0.478 e. The summed E-state index contributed by atoms with van der Waals surface area (Å²) in [4.78, 5) is 37.6. The number of carboxylic acid groups (broad SMARTS) is 1. The molecule has 1 aliphatic heterocycles. The summed E-state index contributed by atoms with van der Waals surface area (Å²) >= 11 is 12.7. The van der Waals surface area contributed by atoms with Crippen LogP contribution in [0.1, 0.15) is 28.8 Å². The monoisotopic (exact) mass is 460 g/mol. The van der Waals surface area contributed by atoms with Crippen molar-refractivity contribution in [2.45, 2.75) is 12.8 Å². The molecule has 0 aliphatic carbocycles. The Hall–Kier alpha value is -2.68. The average Bonchev–Trinajstić information content (AvgIpc) is 2.97. The minimum absolute atomic E-state index is 0.146. The number of aromatic carboxylic acids is 1. The lowest BCUT2D eigenvalue weighted by Gasteiger charge is -2.14. The van der Waals surface area contributed by atoms with Gasteiger partial charge in [-0.1, -0.05) is 53.8 Å². The van der Waals surface area contributed by atoms with Crippen LogP contribution in [0.25, 0.3) is 6.08 Å². The number of nitrogens with one attached hydrogen (secondary N) is 1. The first-order valence-corrected chi connectivity index (χ1v) is 10.6. The van der Waals surface area contributed by atoms with Crippen molar-refractivity contribution in [2.75, 3.05) is 11.9 Å². The summed E-state index contributed by atoms with van der Waals surface area (Å²) in [5.74, 6) is -1.45. The first kappa shape index (κ1) is 22.0. The van der Waals surface area contributed by atoms with Crippen LogP contribution in [-0.4, -0.2) is 38.7 Å². The maximum absolute atomic E-state index is 12.6. The number of rotatable bonds is 7. The number of halogens is 1. The predicted octanol–water partition coefficient (Wildman–Crippen LogP) is 4.66. The molecule has 1 saturated heterocycles. The Morgan fingerprint density at radius 3 is 2.53 bits per heavy atom. The van der Waals surface area contributed by atoms with Crippen molar-refractivity contribution < 1.29 is 19.5 Å². The van der Waals surface area contributed by atoms with Crippen LogP contribution in [-0.2, 0) is 9.59 Å². The van der Waals surface area contributed by atoms with E-state index < -0.39 is 5.97 Å². The van der Waals surface area contributed by atoms with Crippen LogP contribution in [0.2, 0.25) is 5.02 Å². The molecule has 0 radical (unpaired) electrons. The van der Waals surface area contributed by atoms with E-state index in [0.29, 0.717) is 32.9 Å². The molecule has 0 saturated carbocycles. The van der Waals surface area contributed by atoms with Crippen LogP contribution in [0, 0.1) is 0 Å². The van der Waals surface area contributed by atoms with Gasteiger partial charge in [0.05, 0.1) is 10.5 Å². The fourth-order valence-corrected chi connectivity index (χ4v) is 4.23. The maximum atomic E-state index is 12.6. The van der Waals surface area contributed by atoms with E-state index >= 15 is 0 Å². The molecule has 3 rings (SSSR count). The Kier molecular flexibility index (Phi) is 7.25. The third-order valence-corrected chi connectivity index (χ3v) is 5.99. The van der Waals surface area contributed by atoms with Gasteiger partial charge in [-0.15, -0.1) is 0 Å². The number of benzene rings is 2. The largest absolute Gasteiger partial charge is 0.478 e. The van der Waals surface area contributed by atoms with Crippen LogP contribution < -0.4 is 5.32 Å². The van der Waals surface area contributed by atoms with Crippen molar-refractivity contribution in [1.29, 1.82) is 0 Å². The molecule has 154 valence electrons. The Morgan fingerprint density at radius 1 is 1.17 bits per heavy atom. The molecule has 2 aromatic carbocycles. The lowest BCUT2D eigenvalue weighted by Crippen LogP contribution is -2.29. The lowest BCUT2D eigenvalue weighted by molar-refractivity contribution is -0.122. The van der Waals surface area contributed by atoms with Gasteiger partial charge >= 0.3 is 5.97 Å². The molecular weight excluding hydrogens is 444 g/mol. The first-order chi connectivity index (χ1) is 14.3. The highest BCUT2D eigenvalue weighted by molar-refractivity contribution is 8.26. The lowest BCUT2D eigenvalue weighted by atomic mass is 10.2. The SMILES string of the molecule is O=C(CCCN1C(=O)C(=Cc2ccccc2Cl)SC1=S)Nc1ccc(C(=O)O)cc1. The van der Waals surface area contributed by atoms with Crippen molar-refractivity contribution in [1.82, 2.24) is 4.90 Å². The van der Waals surface area contributed by atoms with Crippen molar-refractivity contribution in [2.24, 2.45) is 0 Å². The molecule has 2 aromatic rings. The quantitative estimate of drug-likeness (QED) is 0.461. The van der Waals surface area contributed by atoms with E-state index in [4.69, 9.17) is 28.9 Å². The third kappa shape index (κ3) is 5.47. The number of carbonyl (C=O) groups is 3. The molecule has 2 N–H and O–H groups in total. The van der Waals surface area contributed by atoms with Crippen LogP contribution in [0.4, 0.5) is 5.69 Å². The second-order valence-electron chi connectivity index (χ2n) is 6.39. The van der Waals surface area contributed by atoms with Gasteiger partial charge in [-0.05, 0) is 48.4 Å². The van der Waals surface area contributed by atoms with E-state index in [9.17, 15) is 14.4 Å². The predicted molar refractivity (Wildman–Crippen MR) is 123 cm³/mol. The van der Waals surface area contributed by atoms with Gasteiger partial charge in [0.15, 0.2) is 0 Å². The molecule has 6 nitrogen and oxygen atoms in total. The molecule has 2 amide bonds. The standard InChI is InChI=1S/C21H17ClN2O4S2/c22-16-5-2-1-4-14(16)12-17-19(26)24(21(29)30-17)11-3-6-18(25)23-15-9-7-13(8-10-15)20(27)28/h1-2,4-5,7-10,12H,3,6,11H2,(H,23,25)(H,27,28). The highest BCUT2D eigenvalue weighted by Crippen LogP contribution is 2.33. The van der Waals surface area contributed by atoms with Crippen molar-refractivity contribution >= 4 is 69.4 Å². The smallest absolute Gasteiger partial charge is 0.335 e. The molecule has 0 aromatic heterocycles. The number of nitrogens with zero attached hydrogens (tertiary/aromatic N) is 1. The van der Waals surface area contributed by atoms with Crippen molar-refractivity contribution in [3.8, 4) is 0 Å². The molecule has 1 heterocycles. The molecule has 9 heteroatoms. The summed E-state index contributed by atoms with van der Waals surface area (Å²) in [6.45, 7) is 0.329. The van der Waals surface area contributed by atoms with E-state index in [1.54, 1.807) is 12.1 Å². The normalized spacial score (nSPS) is 15.0. The van der Waals surface area contributed by atoms with Gasteiger partial charge < -0.3 is 10.4 Å². The highest BCUT2D eigenvalue weighted by atomic mass is 35.5. The fraction of sp³-hybridized carbons (Fsp3) is 0.143. The molecule has 0 bridgehead atoms. The number of thiocarbonyl (C=S) groups is 1. The minimum atomic E-state index is -1.03. The summed E-state index contributed by atoms with van der Waals surface area (Å²) in [6, 6.07) is 13.1. The van der Waals surface area contributed by atoms with E-state index in [2.05, 4.69) is 5.32 Å². The number of hydrogen-bond donors (Lipinski definition) is 2. The Balaban J connectivity index is 1.52. The number of anilines is 1. The van der Waals surface area contributed by atoms with E-state index in [0.717, 1.165) is 5.56 Å². The van der Waals surface area contributed by atoms with Crippen LogP contribution in [0.15, 0.2) is 53.4 Å². The zero-order valence-electron chi connectivity index (χ0n) is 15.6. The molecular formula is C21H17ClN2O4S2. The zero-order chi connectivity index (χ0) is 21.7. The topological polar surface area (TPSA) is 86.7 Å². The van der Waals surface area contributed by atoms with Gasteiger partial charge in [-0.25, -0.2) is 4.79 Å². The molecule has 0 unspecified atom stereocenters. The summed E-state index contributed by atoms with van der Waals surface area (Å²) in [5.41, 5.74) is 1.40. The van der Waals surface area contributed by atoms with E-state index in [1.165, 1.54) is 40.9 Å². The Bertz CT molecular complexity index is 1040. The molecule has 30 heavy (non-hydrogen) atoms. The number of thioether (sulfide) groups is 1. The Morgan fingerprint density at radius 2 is 1.87 bits per heavy atom.